The van der Waals surface area contributed by atoms with Crippen LogP contribution in [0.4, 0.5) is 0 Å². The molecule has 2 aromatic rings. The molecule has 0 radical (unpaired) electrons. The van der Waals surface area contributed by atoms with E-state index in [1.54, 1.807) is 36.4 Å². The van der Waals surface area contributed by atoms with Gasteiger partial charge in [0.2, 0.25) is 0 Å². The third-order valence-corrected chi connectivity index (χ3v) is 4.10. The van der Waals surface area contributed by atoms with Crippen molar-refractivity contribution in [2.75, 3.05) is 0 Å². The minimum Gasteiger partial charge on any atom is -0.358 e. The number of hydrogen-bond donors (Lipinski definition) is 2. The maximum atomic E-state index is 12.0. The Bertz CT molecular complexity index is 722. The number of carbonyl (C=O) groups excluding carboxylic acids is 1. The van der Waals surface area contributed by atoms with Crippen LogP contribution in [0.1, 0.15) is 15.9 Å². The quantitative estimate of drug-likeness (QED) is 0.781. The van der Waals surface area contributed by atoms with E-state index in [0.717, 1.165) is 5.56 Å². The van der Waals surface area contributed by atoms with E-state index < -0.39 is 0 Å². The largest absolute Gasteiger partial charge is 0.358 e. The van der Waals surface area contributed by atoms with Crippen LogP contribution < -0.4 is 10.6 Å². The van der Waals surface area contributed by atoms with Crippen molar-refractivity contribution in [2.45, 2.75) is 6.54 Å². The molecule has 0 unspecified atom stereocenters. The van der Waals surface area contributed by atoms with Crippen molar-refractivity contribution in [2.24, 2.45) is 0 Å². The van der Waals surface area contributed by atoms with Crippen LogP contribution in [-0.2, 0) is 6.54 Å². The number of carbonyl (C=O) groups is 1. The first kappa shape index (κ1) is 17.0. The number of rotatable bonds is 3. The van der Waals surface area contributed by atoms with Gasteiger partial charge in [-0.1, -0.05) is 53.0 Å². The highest BCUT2D eigenvalue weighted by molar-refractivity contribution is 7.80. The van der Waals surface area contributed by atoms with Crippen LogP contribution in [0.5, 0.6) is 0 Å². The lowest BCUT2D eigenvalue weighted by molar-refractivity contribution is 0.0977. The summed E-state index contributed by atoms with van der Waals surface area (Å²) in [5.74, 6) is -0.364. The highest BCUT2D eigenvalue weighted by Crippen LogP contribution is 2.22. The average Bonchev–Trinajstić information content (AvgIpc) is 2.49. The van der Waals surface area contributed by atoms with Crippen molar-refractivity contribution in [3.63, 3.8) is 0 Å². The minimum atomic E-state index is -0.364. The van der Waals surface area contributed by atoms with Crippen molar-refractivity contribution in [1.82, 2.24) is 10.6 Å². The van der Waals surface area contributed by atoms with Crippen molar-refractivity contribution >= 4 is 58.0 Å². The summed E-state index contributed by atoms with van der Waals surface area (Å²) in [5, 5.41) is 7.02. The van der Waals surface area contributed by atoms with Crippen molar-refractivity contribution in [3.8, 4) is 0 Å². The number of halogens is 3. The fourth-order valence-electron chi connectivity index (χ4n) is 1.69. The van der Waals surface area contributed by atoms with Crippen LogP contribution in [0.2, 0.25) is 15.1 Å². The number of amides is 1. The summed E-state index contributed by atoms with van der Waals surface area (Å²) in [7, 11) is 0. The lowest BCUT2D eigenvalue weighted by Crippen LogP contribution is -2.38. The zero-order chi connectivity index (χ0) is 16.1. The molecular formula is C15H11Cl3N2OS. The molecule has 22 heavy (non-hydrogen) atoms. The van der Waals surface area contributed by atoms with Gasteiger partial charge in [0.15, 0.2) is 5.11 Å². The molecular weight excluding hydrogens is 363 g/mol. The second-order valence-corrected chi connectivity index (χ2v) is 5.99. The van der Waals surface area contributed by atoms with Gasteiger partial charge in [-0.25, -0.2) is 0 Å². The third-order valence-electron chi connectivity index (χ3n) is 2.78. The molecule has 0 aliphatic heterocycles. The normalized spacial score (nSPS) is 10.1. The maximum absolute atomic E-state index is 12.0. The van der Waals surface area contributed by atoms with Gasteiger partial charge in [-0.15, -0.1) is 0 Å². The Hall–Kier alpha value is -1.33. The van der Waals surface area contributed by atoms with E-state index in [-0.39, 0.29) is 11.0 Å². The van der Waals surface area contributed by atoms with E-state index in [4.69, 9.17) is 47.0 Å². The van der Waals surface area contributed by atoms with Crippen LogP contribution in [0.15, 0.2) is 42.5 Å². The number of nitrogens with one attached hydrogen (secondary N) is 2. The summed E-state index contributed by atoms with van der Waals surface area (Å²) in [6.45, 7) is 0.415. The van der Waals surface area contributed by atoms with E-state index in [2.05, 4.69) is 10.6 Å². The molecule has 2 N–H and O–H groups in total. The molecule has 114 valence electrons. The standard InChI is InChI=1S/C15H11Cl3N2OS/c16-11-4-2-1-3-10(11)14(21)20-15(22)19-8-9-5-6-12(17)13(18)7-9/h1-7H,8H2,(H2,19,20,21,22). The first-order valence-corrected chi connectivity index (χ1v) is 7.79. The SMILES string of the molecule is O=C(NC(=S)NCc1ccc(Cl)c(Cl)c1)c1ccccc1Cl. The summed E-state index contributed by atoms with van der Waals surface area (Å²) in [6, 6.07) is 12.0. The molecule has 1 amide bonds. The fraction of sp³-hybridized carbons (Fsp3) is 0.0667. The maximum Gasteiger partial charge on any atom is 0.258 e. The predicted octanol–water partition coefficient (Wildman–Crippen LogP) is 4.45. The Morgan fingerprint density at radius 1 is 1.00 bits per heavy atom. The molecule has 2 rings (SSSR count). The van der Waals surface area contributed by atoms with Crippen molar-refractivity contribution in [1.29, 1.82) is 0 Å². The Kier molecular flexibility index (Phi) is 6.03. The predicted molar refractivity (Wildman–Crippen MR) is 94.8 cm³/mol. The highest BCUT2D eigenvalue weighted by Gasteiger charge is 2.11. The molecule has 0 aliphatic carbocycles. The zero-order valence-electron chi connectivity index (χ0n) is 11.2. The van der Waals surface area contributed by atoms with Crippen LogP contribution in [0.3, 0.4) is 0 Å². The zero-order valence-corrected chi connectivity index (χ0v) is 14.3. The van der Waals surface area contributed by atoms with Gasteiger partial charge in [-0.05, 0) is 42.0 Å². The van der Waals surface area contributed by atoms with Crippen LogP contribution >= 0.6 is 47.0 Å². The topological polar surface area (TPSA) is 41.1 Å². The van der Waals surface area contributed by atoms with E-state index >= 15 is 0 Å². The first-order valence-electron chi connectivity index (χ1n) is 6.25. The Balaban J connectivity index is 1.92. The fourth-order valence-corrected chi connectivity index (χ4v) is 2.40. The van der Waals surface area contributed by atoms with Gasteiger partial charge in [-0.2, -0.15) is 0 Å². The molecule has 0 aliphatic rings. The molecule has 0 aromatic heterocycles. The van der Waals surface area contributed by atoms with Gasteiger partial charge in [0.25, 0.3) is 5.91 Å². The van der Waals surface area contributed by atoms with Crippen molar-refractivity contribution in [3.05, 3.63) is 68.7 Å². The summed E-state index contributed by atoms with van der Waals surface area (Å²) >= 11 is 22.8. The van der Waals surface area contributed by atoms with Crippen LogP contribution in [0, 0.1) is 0 Å². The molecule has 0 spiro atoms. The molecule has 0 heterocycles. The van der Waals surface area contributed by atoms with Gasteiger partial charge in [0.05, 0.1) is 20.6 Å². The van der Waals surface area contributed by atoms with Gasteiger partial charge in [-0.3, -0.25) is 10.1 Å². The summed E-state index contributed by atoms with van der Waals surface area (Å²) < 4.78 is 0. The summed E-state index contributed by atoms with van der Waals surface area (Å²) in [6.07, 6.45) is 0. The number of hydrogen-bond acceptors (Lipinski definition) is 2. The van der Waals surface area contributed by atoms with E-state index in [1.807, 2.05) is 6.07 Å². The second kappa shape index (κ2) is 7.79. The van der Waals surface area contributed by atoms with Crippen LogP contribution in [-0.4, -0.2) is 11.0 Å². The lowest BCUT2D eigenvalue weighted by Gasteiger charge is -2.10. The molecule has 0 fully saturated rings. The third kappa shape index (κ3) is 4.58. The molecule has 2 aromatic carbocycles. The van der Waals surface area contributed by atoms with Crippen molar-refractivity contribution < 1.29 is 4.79 Å². The number of thiocarbonyl (C=S) groups is 1. The molecule has 3 nitrogen and oxygen atoms in total. The smallest absolute Gasteiger partial charge is 0.258 e. The summed E-state index contributed by atoms with van der Waals surface area (Å²) in [5.41, 5.74) is 1.26. The Labute approximate surface area is 148 Å². The van der Waals surface area contributed by atoms with Gasteiger partial charge >= 0.3 is 0 Å². The van der Waals surface area contributed by atoms with Crippen LogP contribution in [0.25, 0.3) is 0 Å². The monoisotopic (exact) mass is 372 g/mol. The first-order chi connectivity index (χ1) is 10.5. The molecule has 0 bridgehead atoms. The Morgan fingerprint density at radius 2 is 1.73 bits per heavy atom. The Morgan fingerprint density at radius 3 is 2.41 bits per heavy atom. The second-order valence-electron chi connectivity index (χ2n) is 4.37. The van der Waals surface area contributed by atoms with E-state index in [9.17, 15) is 4.79 Å². The minimum absolute atomic E-state index is 0.205. The average molecular weight is 374 g/mol. The molecule has 0 saturated carbocycles. The van der Waals surface area contributed by atoms with Gasteiger partial charge in [0, 0.05) is 6.54 Å². The lowest BCUT2D eigenvalue weighted by atomic mass is 10.2. The van der Waals surface area contributed by atoms with E-state index in [0.29, 0.717) is 27.2 Å². The number of benzene rings is 2. The molecule has 0 atom stereocenters. The molecule has 0 saturated heterocycles. The molecule has 7 heteroatoms. The highest BCUT2D eigenvalue weighted by atomic mass is 35.5. The van der Waals surface area contributed by atoms with Gasteiger partial charge < -0.3 is 5.32 Å². The van der Waals surface area contributed by atoms with E-state index in [1.165, 1.54) is 0 Å². The summed E-state index contributed by atoms with van der Waals surface area (Å²) in [4.78, 5) is 12.0. The van der Waals surface area contributed by atoms with Gasteiger partial charge in [0.1, 0.15) is 0 Å².